The minimum atomic E-state index is -0.132. The molecule has 0 radical (unpaired) electrons. The monoisotopic (exact) mass is 322 g/mol. The van der Waals surface area contributed by atoms with Crippen LogP contribution in [-0.2, 0) is 4.79 Å². The lowest BCUT2D eigenvalue weighted by Crippen LogP contribution is -2.26. The molecule has 0 aliphatic carbocycles. The smallest absolute Gasteiger partial charge is 0.234 e. The maximum absolute atomic E-state index is 12.9. The van der Waals surface area contributed by atoms with E-state index in [9.17, 15) is 4.79 Å². The topological polar surface area (TPSA) is 33.2 Å². The Labute approximate surface area is 139 Å². The fourth-order valence-electron chi connectivity index (χ4n) is 3.27. The van der Waals surface area contributed by atoms with E-state index >= 15 is 0 Å². The maximum atomic E-state index is 12.9. The van der Waals surface area contributed by atoms with Gasteiger partial charge in [-0.3, -0.25) is 9.78 Å². The lowest BCUT2D eigenvalue weighted by atomic mass is 9.98. The first-order valence-corrected chi connectivity index (χ1v) is 8.01. The van der Waals surface area contributed by atoms with E-state index in [-0.39, 0.29) is 11.8 Å². The molecule has 0 unspecified atom stereocenters. The van der Waals surface area contributed by atoms with Crippen LogP contribution in [0.3, 0.4) is 0 Å². The third-order valence-corrected chi connectivity index (χ3v) is 4.63. The molecule has 0 saturated carbocycles. The van der Waals surface area contributed by atoms with Gasteiger partial charge in [-0.2, -0.15) is 0 Å². The minimum Gasteiger partial charge on any atom is -0.310 e. The average Bonchev–Trinajstić information content (AvgIpc) is 2.96. The lowest BCUT2D eigenvalue weighted by molar-refractivity contribution is -0.118. The molecule has 4 rings (SSSR count). The first kappa shape index (κ1) is 14.2. The van der Waals surface area contributed by atoms with Gasteiger partial charge in [-0.05, 0) is 24.1 Å². The highest BCUT2D eigenvalue weighted by Crippen LogP contribution is 2.35. The van der Waals surface area contributed by atoms with Gasteiger partial charge in [-0.1, -0.05) is 48.0 Å². The van der Waals surface area contributed by atoms with Crippen molar-refractivity contribution in [3.8, 4) is 0 Å². The van der Waals surface area contributed by atoms with Crippen molar-refractivity contribution in [1.29, 1.82) is 0 Å². The summed E-state index contributed by atoms with van der Waals surface area (Å²) in [6, 6.07) is 15.6. The fraction of sp³-hybridized carbons (Fsp3) is 0.158. The second kappa shape index (κ2) is 5.67. The second-order valence-electron chi connectivity index (χ2n) is 5.77. The Kier molecular flexibility index (Phi) is 3.50. The van der Waals surface area contributed by atoms with Crippen LogP contribution in [0, 0.1) is 0 Å². The number of carbonyl (C=O) groups excluding carboxylic acids is 1. The summed E-state index contributed by atoms with van der Waals surface area (Å²) in [5.74, 6) is -0.0157. The molecule has 3 nitrogen and oxygen atoms in total. The van der Waals surface area contributed by atoms with Crippen molar-refractivity contribution < 1.29 is 4.79 Å². The number of amides is 1. The summed E-state index contributed by atoms with van der Waals surface area (Å²) in [5, 5.41) is 2.77. The standard InChI is InChI=1S/C19H15ClN2O/c20-15-6-3-5-13(10-15)17-8-9-22(19(17)23)18-12-21-11-14-4-1-2-7-16(14)18/h1-7,10-12,17H,8-9H2/t17-/m1/s1. The van der Waals surface area contributed by atoms with Gasteiger partial charge in [-0.25, -0.2) is 0 Å². The summed E-state index contributed by atoms with van der Waals surface area (Å²) in [4.78, 5) is 19.1. The summed E-state index contributed by atoms with van der Waals surface area (Å²) in [6.07, 6.45) is 4.40. The quantitative estimate of drug-likeness (QED) is 0.700. The highest BCUT2D eigenvalue weighted by Gasteiger charge is 2.34. The number of aromatic nitrogens is 1. The molecule has 2 heterocycles. The summed E-state index contributed by atoms with van der Waals surface area (Å²) in [6.45, 7) is 0.700. The fourth-order valence-corrected chi connectivity index (χ4v) is 3.47. The molecule has 114 valence electrons. The molecular formula is C19H15ClN2O. The van der Waals surface area contributed by atoms with E-state index in [4.69, 9.17) is 11.6 Å². The normalized spacial score (nSPS) is 17.9. The van der Waals surface area contributed by atoms with Gasteiger partial charge in [0.15, 0.2) is 0 Å². The van der Waals surface area contributed by atoms with Gasteiger partial charge in [0, 0.05) is 28.5 Å². The van der Waals surface area contributed by atoms with E-state index in [1.54, 1.807) is 6.20 Å². The van der Waals surface area contributed by atoms with Crippen molar-refractivity contribution in [2.24, 2.45) is 0 Å². The van der Waals surface area contributed by atoms with Crippen LogP contribution in [-0.4, -0.2) is 17.4 Å². The number of pyridine rings is 1. The number of carbonyl (C=O) groups is 1. The van der Waals surface area contributed by atoms with E-state index in [1.165, 1.54) is 0 Å². The van der Waals surface area contributed by atoms with Crippen LogP contribution in [0.15, 0.2) is 60.9 Å². The molecule has 3 aromatic rings. The van der Waals surface area contributed by atoms with Crippen molar-refractivity contribution in [3.05, 3.63) is 71.5 Å². The predicted octanol–water partition coefficient (Wildman–Crippen LogP) is 4.41. The number of nitrogens with zero attached hydrogens (tertiary/aromatic N) is 2. The number of fused-ring (bicyclic) bond motifs is 1. The van der Waals surface area contributed by atoms with Crippen LogP contribution in [0.1, 0.15) is 17.9 Å². The Morgan fingerprint density at radius 2 is 1.96 bits per heavy atom. The summed E-state index contributed by atoms with van der Waals surface area (Å²) in [7, 11) is 0. The van der Waals surface area contributed by atoms with Crippen molar-refractivity contribution in [2.45, 2.75) is 12.3 Å². The number of rotatable bonds is 2. The zero-order valence-corrected chi connectivity index (χ0v) is 13.2. The molecule has 1 atom stereocenters. The molecule has 1 aromatic heterocycles. The summed E-state index contributed by atoms with van der Waals surface area (Å²) < 4.78 is 0. The Bertz CT molecular complexity index is 888. The molecule has 0 spiro atoms. The van der Waals surface area contributed by atoms with Crippen LogP contribution in [0.2, 0.25) is 5.02 Å². The summed E-state index contributed by atoms with van der Waals surface area (Å²) in [5.41, 5.74) is 1.87. The van der Waals surface area contributed by atoms with Crippen molar-refractivity contribution >= 4 is 34.0 Å². The average molecular weight is 323 g/mol. The van der Waals surface area contributed by atoms with Crippen LogP contribution < -0.4 is 4.90 Å². The zero-order valence-electron chi connectivity index (χ0n) is 12.4. The van der Waals surface area contributed by atoms with Crippen molar-refractivity contribution in [1.82, 2.24) is 4.98 Å². The van der Waals surface area contributed by atoms with Gasteiger partial charge in [0.1, 0.15) is 0 Å². The largest absolute Gasteiger partial charge is 0.310 e. The number of halogens is 1. The summed E-state index contributed by atoms with van der Waals surface area (Å²) >= 11 is 6.07. The molecule has 0 N–H and O–H groups in total. The number of hydrogen-bond donors (Lipinski definition) is 0. The molecule has 1 amide bonds. The predicted molar refractivity (Wildman–Crippen MR) is 92.9 cm³/mol. The number of benzene rings is 2. The first-order chi connectivity index (χ1) is 11.2. The third kappa shape index (κ3) is 2.47. The van der Waals surface area contributed by atoms with E-state index in [0.717, 1.165) is 28.4 Å². The SMILES string of the molecule is O=C1[C@@H](c2cccc(Cl)c2)CCN1c1cncc2ccccc12. The number of hydrogen-bond acceptors (Lipinski definition) is 2. The van der Waals surface area contributed by atoms with Crippen LogP contribution >= 0.6 is 11.6 Å². The van der Waals surface area contributed by atoms with Crippen LogP contribution in [0.5, 0.6) is 0 Å². The van der Waals surface area contributed by atoms with E-state index < -0.39 is 0 Å². The van der Waals surface area contributed by atoms with Gasteiger partial charge in [0.05, 0.1) is 17.8 Å². The number of anilines is 1. The Hall–Kier alpha value is -2.39. The molecule has 1 aliphatic rings. The third-order valence-electron chi connectivity index (χ3n) is 4.39. The van der Waals surface area contributed by atoms with Crippen LogP contribution in [0.25, 0.3) is 10.8 Å². The van der Waals surface area contributed by atoms with Gasteiger partial charge in [0.2, 0.25) is 5.91 Å². The van der Waals surface area contributed by atoms with E-state index in [1.807, 2.05) is 59.6 Å². The lowest BCUT2D eigenvalue weighted by Gasteiger charge is -2.18. The van der Waals surface area contributed by atoms with Crippen molar-refractivity contribution in [2.75, 3.05) is 11.4 Å². The molecule has 1 fully saturated rings. The van der Waals surface area contributed by atoms with Gasteiger partial charge in [0.25, 0.3) is 0 Å². The molecule has 2 aromatic carbocycles. The second-order valence-corrected chi connectivity index (χ2v) is 6.20. The first-order valence-electron chi connectivity index (χ1n) is 7.63. The van der Waals surface area contributed by atoms with Gasteiger partial charge >= 0.3 is 0 Å². The van der Waals surface area contributed by atoms with E-state index in [0.29, 0.717) is 11.6 Å². The molecular weight excluding hydrogens is 308 g/mol. The Morgan fingerprint density at radius 1 is 1.09 bits per heavy atom. The highest BCUT2D eigenvalue weighted by molar-refractivity contribution is 6.30. The minimum absolute atomic E-state index is 0.116. The Balaban J connectivity index is 1.72. The van der Waals surface area contributed by atoms with Gasteiger partial charge in [-0.15, -0.1) is 0 Å². The molecule has 4 heteroatoms. The highest BCUT2D eigenvalue weighted by atomic mass is 35.5. The maximum Gasteiger partial charge on any atom is 0.234 e. The molecule has 1 saturated heterocycles. The van der Waals surface area contributed by atoms with Crippen LogP contribution in [0.4, 0.5) is 5.69 Å². The Morgan fingerprint density at radius 3 is 2.83 bits per heavy atom. The molecule has 1 aliphatic heterocycles. The van der Waals surface area contributed by atoms with Gasteiger partial charge < -0.3 is 4.90 Å². The van der Waals surface area contributed by atoms with Crippen molar-refractivity contribution in [3.63, 3.8) is 0 Å². The van der Waals surface area contributed by atoms with E-state index in [2.05, 4.69) is 4.98 Å². The zero-order chi connectivity index (χ0) is 15.8. The molecule has 23 heavy (non-hydrogen) atoms. The molecule has 0 bridgehead atoms.